The summed E-state index contributed by atoms with van der Waals surface area (Å²) >= 11 is 1.37. The Bertz CT molecular complexity index is 670. The Morgan fingerprint density at radius 2 is 2.12 bits per heavy atom. The van der Waals surface area contributed by atoms with Gasteiger partial charge in [0.2, 0.25) is 0 Å². The predicted molar refractivity (Wildman–Crippen MR) is 96.4 cm³/mol. The molecule has 128 valence electrons. The quantitative estimate of drug-likeness (QED) is 0.898. The van der Waals surface area contributed by atoms with Gasteiger partial charge in [0.05, 0.1) is 17.3 Å². The maximum atomic E-state index is 12.2. The van der Waals surface area contributed by atoms with Gasteiger partial charge in [0.25, 0.3) is 5.91 Å². The standard InChI is InChI=1S/C19H24N2O2S/c1-18(2)13-19(9-11-23-18,15-6-4-3-5-7-15)8-10-21-17(22)16-12-20-14-24-16/h3-7,12,14H,8-11,13H2,1-2H3,(H,21,22)/t19-/m1/s1. The Labute approximate surface area is 147 Å². The molecule has 1 atom stereocenters. The van der Waals surface area contributed by atoms with E-state index in [0.29, 0.717) is 11.4 Å². The fourth-order valence-corrected chi connectivity index (χ4v) is 4.24. The van der Waals surface area contributed by atoms with Crippen LogP contribution >= 0.6 is 11.3 Å². The number of aromatic nitrogens is 1. The maximum Gasteiger partial charge on any atom is 0.262 e. The van der Waals surface area contributed by atoms with Gasteiger partial charge in [-0.3, -0.25) is 9.78 Å². The smallest absolute Gasteiger partial charge is 0.262 e. The number of ether oxygens (including phenoxy) is 1. The zero-order valence-corrected chi connectivity index (χ0v) is 15.1. The van der Waals surface area contributed by atoms with E-state index in [2.05, 4.69) is 48.4 Å². The Kier molecular flexibility index (Phi) is 5.01. The lowest BCUT2D eigenvalue weighted by Gasteiger charge is -2.45. The van der Waals surface area contributed by atoms with E-state index < -0.39 is 0 Å². The van der Waals surface area contributed by atoms with Crippen molar-refractivity contribution in [3.63, 3.8) is 0 Å². The molecule has 1 saturated heterocycles. The van der Waals surface area contributed by atoms with Gasteiger partial charge in [-0.2, -0.15) is 0 Å². The van der Waals surface area contributed by atoms with Gasteiger partial charge < -0.3 is 10.1 Å². The fraction of sp³-hybridized carbons (Fsp3) is 0.474. The van der Waals surface area contributed by atoms with E-state index in [-0.39, 0.29) is 16.9 Å². The zero-order valence-electron chi connectivity index (χ0n) is 14.2. The first kappa shape index (κ1) is 17.1. The number of carbonyl (C=O) groups is 1. The molecule has 5 heteroatoms. The highest BCUT2D eigenvalue weighted by Crippen LogP contribution is 2.43. The average Bonchev–Trinajstić information content (AvgIpc) is 3.09. The zero-order chi connectivity index (χ0) is 17.0. The molecule has 2 heterocycles. The number of nitrogens with zero attached hydrogens (tertiary/aromatic N) is 1. The van der Waals surface area contributed by atoms with Gasteiger partial charge in [-0.05, 0) is 38.7 Å². The Morgan fingerprint density at radius 3 is 2.79 bits per heavy atom. The monoisotopic (exact) mass is 344 g/mol. The van der Waals surface area contributed by atoms with Crippen LogP contribution in [0.5, 0.6) is 0 Å². The number of thiazole rings is 1. The summed E-state index contributed by atoms with van der Waals surface area (Å²) in [5.74, 6) is -0.0352. The van der Waals surface area contributed by atoms with Crippen LogP contribution in [0.1, 0.15) is 48.3 Å². The molecule has 1 aromatic heterocycles. The predicted octanol–water partition coefficient (Wildman–Crippen LogP) is 3.79. The molecule has 0 unspecified atom stereocenters. The molecular weight excluding hydrogens is 320 g/mol. The highest BCUT2D eigenvalue weighted by atomic mass is 32.1. The lowest BCUT2D eigenvalue weighted by Crippen LogP contribution is -2.45. The van der Waals surface area contributed by atoms with E-state index in [1.165, 1.54) is 16.9 Å². The lowest BCUT2D eigenvalue weighted by atomic mass is 9.67. The van der Waals surface area contributed by atoms with Crippen molar-refractivity contribution in [3.05, 3.63) is 52.5 Å². The highest BCUT2D eigenvalue weighted by Gasteiger charge is 2.41. The van der Waals surface area contributed by atoms with Gasteiger partial charge in [-0.25, -0.2) is 0 Å². The van der Waals surface area contributed by atoms with Crippen LogP contribution in [0.15, 0.2) is 42.0 Å². The Balaban J connectivity index is 1.72. The molecule has 0 saturated carbocycles. The molecule has 1 aliphatic rings. The summed E-state index contributed by atoms with van der Waals surface area (Å²) in [5.41, 5.74) is 2.93. The first-order valence-corrected chi connectivity index (χ1v) is 9.25. The normalized spacial score (nSPS) is 22.9. The molecule has 0 radical (unpaired) electrons. The molecule has 2 aromatic rings. The summed E-state index contributed by atoms with van der Waals surface area (Å²) in [6.07, 6.45) is 4.47. The number of nitrogens with one attached hydrogen (secondary N) is 1. The molecular formula is C19H24N2O2S. The molecule has 0 aliphatic carbocycles. The molecule has 1 N–H and O–H groups in total. The van der Waals surface area contributed by atoms with Gasteiger partial charge in [0.15, 0.2) is 0 Å². The molecule has 0 bridgehead atoms. The molecule has 0 spiro atoms. The average molecular weight is 344 g/mol. The summed E-state index contributed by atoms with van der Waals surface area (Å²) in [6.45, 7) is 5.71. The largest absolute Gasteiger partial charge is 0.376 e. The minimum absolute atomic E-state index is 0.0352. The second kappa shape index (κ2) is 7.03. The minimum Gasteiger partial charge on any atom is -0.376 e. The second-order valence-corrected chi connectivity index (χ2v) is 7.94. The van der Waals surface area contributed by atoms with Gasteiger partial charge >= 0.3 is 0 Å². The van der Waals surface area contributed by atoms with E-state index in [1.807, 2.05) is 6.07 Å². The van der Waals surface area contributed by atoms with Gasteiger partial charge in [-0.15, -0.1) is 11.3 Å². The van der Waals surface area contributed by atoms with E-state index in [9.17, 15) is 4.79 Å². The van der Waals surface area contributed by atoms with Crippen molar-refractivity contribution >= 4 is 17.2 Å². The van der Waals surface area contributed by atoms with Crippen LogP contribution in [-0.4, -0.2) is 29.6 Å². The van der Waals surface area contributed by atoms with E-state index >= 15 is 0 Å². The van der Waals surface area contributed by atoms with Gasteiger partial charge in [0.1, 0.15) is 4.88 Å². The van der Waals surface area contributed by atoms with Gasteiger partial charge in [-0.1, -0.05) is 30.3 Å². The lowest BCUT2D eigenvalue weighted by molar-refractivity contribution is -0.0838. The number of hydrogen-bond donors (Lipinski definition) is 1. The third-order valence-electron chi connectivity index (χ3n) is 4.77. The summed E-state index contributed by atoms with van der Waals surface area (Å²) in [6, 6.07) is 10.6. The first-order valence-electron chi connectivity index (χ1n) is 8.37. The third-order valence-corrected chi connectivity index (χ3v) is 5.54. The Hall–Kier alpha value is -1.72. The number of hydrogen-bond acceptors (Lipinski definition) is 4. The SMILES string of the molecule is CC1(C)C[C@](CCNC(=O)c2cncs2)(c2ccccc2)CCO1. The van der Waals surface area contributed by atoms with Crippen LogP contribution in [0.3, 0.4) is 0 Å². The summed E-state index contributed by atoms with van der Waals surface area (Å²) in [7, 11) is 0. The van der Waals surface area contributed by atoms with Crippen LogP contribution in [0, 0.1) is 0 Å². The number of benzene rings is 1. The van der Waals surface area contributed by atoms with Crippen LogP contribution in [0.25, 0.3) is 0 Å². The molecule has 1 aromatic carbocycles. The van der Waals surface area contributed by atoms with Crippen LogP contribution < -0.4 is 5.32 Å². The topological polar surface area (TPSA) is 51.2 Å². The molecule has 1 fully saturated rings. The fourth-order valence-electron chi connectivity index (χ4n) is 3.70. The summed E-state index contributed by atoms with van der Waals surface area (Å²) < 4.78 is 5.93. The molecule has 1 aliphatic heterocycles. The van der Waals surface area contributed by atoms with E-state index in [0.717, 1.165) is 25.9 Å². The van der Waals surface area contributed by atoms with Crippen molar-refractivity contribution in [3.8, 4) is 0 Å². The summed E-state index contributed by atoms with van der Waals surface area (Å²) in [5, 5.41) is 3.04. The van der Waals surface area contributed by atoms with Crippen molar-refractivity contribution in [2.45, 2.75) is 44.1 Å². The number of carbonyl (C=O) groups excluding carboxylic acids is 1. The Morgan fingerprint density at radius 1 is 1.33 bits per heavy atom. The minimum atomic E-state index is -0.143. The number of amides is 1. The van der Waals surface area contributed by atoms with Crippen molar-refractivity contribution in [1.29, 1.82) is 0 Å². The van der Waals surface area contributed by atoms with Crippen molar-refractivity contribution < 1.29 is 9.53 Å². The van der Waals surface area contributed by atoms with Crippen LogP contribution in [0.4, 0.5) is 0 Å². The van der Waals surface area contributed by atoms with Crippen LogP contribution in [0.2, 0.25) is 0 Å². The van der Waals surface area contributed by atoms with Crippen molar-refractivity contribution in [1.82, 2.24) is 10.3 Å². The van der Waals surface area contributed by atoms with E-state index in [1.54, 1.807) is 11.7 Å². The van der Waals surface area contributed by atoms with Crippen molar-refractivity contribution in [2.75, 3.05) is 13.2 Å². The third kappa shape index (κ3) is 3.84. The first-order chi connectivity index (χ1) is 11.5. The van der Waals surface area contributed by atoms with E-state index in [4.69, 9.17) is 4.74 Å². The molecule has 3 rings (SSSR count). The number of rotatable bonds is 5. The van der Waals surface area contributed by atoms with Gasteiger partial charge in [0, 0.05) is 18.6 Å². The van der Waals surface area contributed by atoms with Crippen molar-refractivity contribution in [2.24, 2.45) is 0 Å². The molecule has 1 amide bonds. The molecule has 24 heavy (non-hydrogen) atoms. The maximum absolute atomic E-state index is 12.2. The summed E-state index contributed by atoms with van der Waals surface area (Å²) in [4.78, 5) is 16.8. The highest BCUT2D eigenvalue weighted by molar-refractivity contribution is 7.11. The molecule has 4 nitrogen and oxygen atoms in total. The van der Waals surface area contributed by atoms with Crippen LogP contribution in [-0.2, 0) is 10.2 Å². The second-order valence-electron chi connectivity index (χ2n) is 7.05.